The van der Waals surface area contributed by atoms with Crippen LogP contribution in [0.3, 0.4) is 0 Å². The highest BCUT2D eigenvalue weighted by Crippen LogP contribution is 2.30. The normalized spacial score (nSPS) is 22.7. The first kappa shape index (κ1) is 14.9. The maximum absolute atomic E-state index is 12.5. The predicted octanol–water partition coefficient (Wildman–Crippen LogP) is 2.46. The van der Waals surface area contributed by atoms with E-state index in [4.69, 9.17) is 0 Å². The van der Waals surface area contributed by atoms with Crippen LogP contribution in [0.5, 0.6) is 0 Å². The maximum atomic E-state index is 12.5. The lowest BCUT2D eigenvalue weighted by Gasteiger charge is -2.25. The van der Waals surface area contributed by atoms with Crippen molar-refractivity contribution in [3.63, 3.8) is 0 Å². The van der Waals surface area contributed by atoms with Crippen LogP contribution in [0.1, 0.15) is 31.2 Å². The lowest BCUT2D eigenvalue weighted by atomic mass is 10.1. The van der Waals surface area contributed by atoms with Gasteiger partial charge in [0.1, 0.15) is 6.04 Å². The summed E-state index contributed by atoms with van der Waals surface area (Å²) in [6.07, 6.45) is 4.27. The van der Waals surface area contributed by atoms with E-state index in [9.17, 15) is 9.59 Å². The van der Waals surface area contributed by atoms with Gasteiger partial charge in [0.15, 0.2) is 0 Å². The Labute approximate surface area is 133 Å². The molecule has 21 heavy (non-hydrogen) atoms. The summed E-state index contributed by atoms with van der Waals surface area (Å²) in [4.78, 5) is 26.7. The number of carbonyl (C=O) groups is 2. The van der Waals surface area contributed by atoms with Gasteiger partial charge in [-0.1, -0.05) is 12.8 Å². The lowest BCUT2D eigenvalue weighted by Crippen LogP contribution is -2.48. The largest absolute Gasteiger partial charge is 0.350 e. The maximum Gasteiger partial charge on any atom is 0.243 e. The molecule has 0 aromatic carbocycles. The van der Waals surface area contributed by atoms with Crippen molar-refractivity contribution in [1.29, 1.82) is 0 Å². The average Bonchev–Trinajstić information content (AvgIpc) is 3.26. The standard InChI is InChI=1S/C15H20N2O2S2/c18-14(16-7-11-5-6-20-8-11)13-9-21-10-17(13)15(19)12-3-1-2-4-12/h5-6,8,12-13H,1-4,7,9-10H2,(H,16,18)/t13-/m1/s1. The molecule has 1 N–H and O–H groups in total. The van der Waals surface area contributed by atoms with E-state index in [1.807, 2.05) is 16.8 Å². The molecule has 0 unspecified atom stereocenters. The Morgan fingerprint density at radius 2 is 2.14 bits per heavy atom. The van der Waals surface area contributed by atoms with Crippen LogP contribution < -0.4 is 5.32 Å². The van der Waals surface area contributed by atoms with Crippen LogP contribution in [0.25, 0.3) is 0 Å². The molecule has 0 spiro atoms. The van der Waals surface area contributed by atoms with Crippen molar-refractivity contribution in [3.8, 4) is 0 Å². The Morgan fingerprint density at radius 1 is 1.33 bits per heavy atom. The van der Waals surface area contributed by atoms with Crippen molar-refractivity contribution in [1.82, 2.24) is 10.2 Å². The Balaban J connectivity index is 1.57. The van der Waals surface area contributed by atoms with Crippen molar-refractivity contribution >= 4 is 34.9 Å². The van der Waals surface area contributed by atoms with Crippen LogP contribution in [0.15, 0.2) is 16.8 Å². The number of rotatable bonds is 4. The first-order chi connectivity index (χ1) is 10.3. The average molecular weight is 324 g/mol. The summed E-state index contributed by atoms with van der Waals surface area (Å²) in [5.41, 5.74) is 1.12. The zero-order chi connectivity index (χ0) is 14.7. The minimum atomic E-state index is -0.290. The molecule has 1 aliphatic carbocycles. The minimum absolute atomic E-state index is 0.0162. The van der Waals surface area contributed by atoms with Crippen LogP contribution in [0, 0.1) is 5.92 Å². The van der Waals surface area contributed by atoms with Gasteiger partial charge in [-0.3, -0.25) is 9.59 Å². The van der Waals surface area contributed by atoms with E-state index in [2.05, 4.69) is 5.32 Å². The number of thioether (sulfide) groups is 1. The van der Waals surface area contributed by atoms with Crippen LogP contribution in [-0.4, -0.2) is 34.4 Å². The van der Waals surface area contributed by atoms with E-state index in [1.54, 1.807) is 28.0 Å². The minimum Gasteiger partial charge on any atom is -0.350 e. The predicted molar refractivity (Wildman–Crippen MR) is 86.1 cm³/mol. The first-order valence-corrected chi connectivity index (χ1v) is 9.52. The van der Waals surface area contributed by atoms with E-state index in [1.165, 1.54) is 0 Å². The number of carbonyl (C=O) groups excluding carboxylic acids is 2. The molecule has 1 aromatic heterocycles. The molecule has 3 rings (SSSR count). The van der Waals surface area contributed by atoms with Gasteiger partial charge in [0.25, 0.3) is 0 Å². The Kier molecular flexibility index (Phi) is 4.85. The molecule has 6 heteroatoms. The van der Waals surface area contributed by atoms with Crippen LogP contribution >= 0.6 is 23.1 Å². The van der Waals surface area contributed by atoms with Crippen molar-refractivity contribution in [2.24, 2.45) is 5.92 Å². The second-order valence-corrected chi connectivity index (χ2v) is 7.43. The van der Waals surface area contributed by atoms with Crippen LogP contribution in [0.4, 0.5) is 0 Å². The second-order valence-electron chi connectivity index (χ2n) is 5.65. The summed E-state index contributed by atoms with van der Waals surface area (Å²) in [7, 11) is 0. The number of amides is 2. The molecule has 0 radical (unpaired) electrons. The summed E-state index contributed by atoms with van der Waals surface area (Å²) in [6.45, 7) is 0.551. The number of hydrogen-bond donors (Lipinski definition) is 1. The van der Waals surface area contributed by atoms with Gasteiger partial charge in [-0.15, -0.1) is 11.8 Å². The third kappa shape index (κ3) is 3.43. The monoisotopic (exact) mass is 324 g/mol. The highest BCUT2D eigenvalue weighted by atomic mass is 32.2. The summed E-state index contributed by atoms with van der Waals surface area (Å²) >= 11 is 3.30. The van der Waals surface area contributed by atoms with Gasteiger partial charge in [-0.2, -0.15) is 11.3 Å². The molecule has 4 nitrogen and oxygen atoms in total. The van der Waals surface area contributed by atoms with Crippen molar-refractivity contribution < 1.29 is 9.59 Å². The van der Waals surface area contributed by atoms with Gasteiger partial charge in [0, 0.05) is 18.2 Å². The molecule has 2 fully saturated rings. The quantitative estimate of drug-likeness (QED) is 0.925. The van der Waals surface area contributed by atoms with E-state index in [0.29, 0.717) is 18.2 Å². The fourth-order valence-electron chi connectivity index (χ4n) is 2.98. The van der Waals surface area contributed by atoms with Crippen molar-refractivity contribution in [2.75, 3.05) is 11.6 Å². The highest BCUT2D eigenvalue weighted by Gasteiger charge is 2.38. The summed E-state index contributed by atoms with van der Waals surface area (Å²) in [5, 5.41) is 7.00. The third-order valence-corrected chi connectivity index (χ3v) is 5.96. The van der Waals surface area contributed by atoms with Gasteiger partial charge >= 0.3 is 0 Å². The van der Waals surface area contributed by atoms with Gasteiger partial charge < -0.3 is 10.2 Å². The topological polar surface area (TPSA) is 49.4 Å². The Hall–Kier alpha value is -1.01. The molecular weight excluding hydrogens is 304 g/mol. The van der Waals surface area contributed by atoms with E-state index in [0.717, 1.165) is 31.2 Å². The number of nitrogens with one attached hydrogen (secondary N) is 1. The third-order valence-electron chi connectivity index (χ3n) is 4.22. The SMILES string of the molecule is O=C(NCc1ccsc1)[C@H]1CSCN1C(=O)C1CCCC1. The van der Waals surface area contributed by atoms with Gasteiger partial charge in [0.2, 0.25) is 11.8 Å². The molecule has 2 amide bonds. The fourth-order valence-corrected chi connectivity index (χ4v) is 4.82. The van der Waals surface area contributed by atoms with Crippen LogP contribution in [-0.2, 0) is 16.1 Å². The Morgan fingerprint density at radius 3 is 2.86 bits per heavy atom. The zero-order valence-corrected chi connectivity index (χ0v) is 13.5. The molecule has 1 aromatic rings. The summed E-state index contributed by atoms with van der Waals surface area (Å²) in [6, 6.07) is 1.72. The summed E-state index contributed by atoms with van der Waals surface area (Å²) < 4.78 is 0. The number of thiophene rings is 1. The zero-order valence-electron chi connectivity index (χ0n) is 11.9. The van der Waals surface area contributed by atoms with Gasteiger partial charge in [-0.05, 0) is 35.2 Å². The fraction of sp³-hybridized carbons (Fsp3) is 0.600. The van der Waals surface area contributed by atoms with Crippen molar-refractivity contribution in [2.45, 2.75) is 38.3 Å². The molecule has 2 aliphatic rings. The smallest absolute Gasteiger partial charge is 0.243 e. The first-order valence-electron chi connectivity index (χ1n) is 7.42. The molecule has 0 bridgehead atoms. The number of nitrogens with zero attached hydrogens (tertiary/aromatic N) is 1. The molecule has 1 saturated carbocycles. The van der Waals surface area contributed by atoms with Gasteiger partial charge in [0.05, 0.1) is 5.88 Å². The number of hydrogen-bond acceptors (Lipinski definition) is 4. The highest BCUT2D eigenvalue weighted by molar-refractivity contribution is 7.99. The lowest BCUT2D eigenvalue weighted by molar-refractivity contribution is -0.141. The molecule has 2 heterocycles. The molecular formula is C15H20N2O2S2. The summed E-state index contributed by atoms with van der Waals surface area (Å²) in [5.74, 6) is 1.70. The van der Waals surface area contributed by atoms with E-state index < -0.39 is 0 Å². The van der Waals surface area contributed by atoms with Crippen molar-refractivity contribution in [3.05, 3.63) is 22.4 Å². The molecule has 1 aliphatic heterocycles. The van der Waals surface area contributed by atoms with Crippen LogP contribution in [0.2, 0.25) is 0 Å². The molecule has 114 valence electrons. The second kappa shape index (κ2) is 6.83. The van der Waals surface area contributed by atoms with E-state index >= 15 is 0 Å². The molecule has 1 saturated heterocycles. The molecule has 1 atom stereocenters. The van der Waals surface area contributed by atoms with E-state index in [-0.39, 0.29) is 23.8 Å². The Bertz CT molecular complexity index is 498. The van der Waals surface area contributed by atoms with Gasteiger partial charge in [-0.25, -0.2) is 0 Å².